The molecule has 0 saturated heterocycles. The minimum atomic E-state index is -0.415. The van der Waals surface area contributed by atoms with Crippen LogP contribution in [0, 0.1) is 10.1 Å². The van der Waals surface area contributed by atoms with E-state index in [9.17, 15) is 10.1 Å². The van der Waals surface area contributed by atoms with Gasteiger partial charge in [-0.2, -0.15) is 0 Å². The topological polar surface area (TPSA) is 78.4 Å². The SMILES string of the molecule is NC1CCCCCC1OCc1cc(Cl)ccc1[N+](=O)[O-]. The van der Waals surface area contributed by atoms with Crippen molar-refractivity contribution in [3.63, 3.8) is 0 Å². The lowest BCUT2D eigenvalue weighted by molar-refractivity contribution is -0.386. The highest BCUT2D eigenvalue weighted by Crippen LogP contribution is 2.26. The quantitative estimate of drug-likeness (QED) is 0.525. The number of rotatable bonds is 4. The van der Waals surface area contributed by atoms with E-state index in [1.54, 1.807) is 6.07 Å². The number of nitro groups is 1. The molecular formula is C14H19ClN2O3. The average Bonchev–Trinajstić information content (AvgIpc) is 2.61. The number of hydrogen-bond acceptors (Lipinski definition) is 4. The van der Waals surface area contributed by atoms with Crippen molar-refractivity contribution in [1.29, 1.82) is 0 Å². The van der Waals surface area contributed by atoms with E-state index in [0.717, 1.165) is 25.7 Å². The van der Waals surface area contributed by atoms with Crippen LogP contribution in [0.2, 0.25) is 5.02 Å². The summed E-state index contributed by atoms with van der Waals surface area (Å²) in [5.74, 6) is 0. The van der Waals surface area contributed by atoms with Gasteiger partial charge in [0, 0.05) is 17.1 Å². The normalized spacial score (nSPS) is 23.3. The molecule has 1 aliphatic rings. The predicted molar refractivity (Wildman–Crippen MR) is 77.7 cm³/mol. The van der Waals surface area contributed by atoms with Gasteiger partial charge in [0.15, 0.2) is 0 Å². The first-order valence-corrected chi connectivity index (χ1v) is 7.25. The summed E-state index contributed by atoms with van der Waals surface area (Å²) in [6.45, 7) is 0.176. The molecule has 0 aromatic heterocycles. The average molecular weight is 299 g/mol. The Balaban J connectivity index is 2.05. The molecule has 1 aromatic carbocycles. The van der Waals surface area contributed by atoms with Crippen molar-refractivity contribution in [2.24, 2.45) is 5.73 Å². The number of halogens is 1. The Hall–Kier alpha value is -1.17. The predicted octanol–water partition coefficient (Wildman–Crippen LogP) is 3.42. The highest BCUT2D eigenvalue weighted by atomic mass is 35.5. The van der Waals surface area contributed by atoms with E-state index in [-0.39, 0.29) is 24.4 Å². The van der Waals surface area contributed by atoms with E-state index in [1.165, 1.54) is 18.6 Å². The maximum atomic E-state index is 11.0. The summed E-state index contributed by atoms with van der Waals surface area (Å²) in [4.78, 5) is 10.6. The molecule has 6 heteroatoms. The fourth-order valence-electron chi connectivity index (χ4n) is 2.55. The molecule has 0 aliphatic heterocycles. The standard InChI is InChI=1S/C14H19ClN2O3/c15-11-6-7-13(17(18)19)10(8-11)9-20-14-5-3-1-2-4-12(14)16/h6-8,12,14H,1-5,9,16H2. The van der Waals surface area contributed by atoms with Crippen molar-refractivity contribution in [2.75, 3.05) is 0 Å². The fourth-order valence-corrected chi connectivity index (χ4v) is 2.75. The lowest BCUT2D eigenvalue weighted by atomic mass is 10.1. The smallest absolute Gasteiger partial charge is 0.275 e. The maximum Gasteiger partial charge on any atom is 0.275 e. The van der Waals surface area contributed by atoms with Crippen LogP contribution in [0.3, 0.4) is 0 Å². The molecule has 0 spiro atoms. The fraction of sp³-hybridized carbons (Fsp3) is 0.571. The van der Waals surface area contributed by atoms with Gasteiger partial charge in [0.05, 0.1) is 23.2 Å². The van der Waals surface area contributed by atoms with Gasteiger partial charge < -0.3 is 10.5 Å². The first-order valence-electron chi connectivity index (χ1n) is 6.88. The molecular weight excluding hydrogens is 280 g/mol. The van der Waals surface area contributed by atoms with Gasteiger partial charge in [-0.3, -0.25) is 10.1 Å². The van der Waals surface area contributed by atoms with Crippen molar-refractivity contribution < 1.29 is 9.66 Å². The summed E-state index contributed by atoms with van der Waals surface area (Å²) in [6, 6.07) is 4.52. The van der Waals surface area contributed by atoms with Crippen LogP contribution in [0.15, 0.2) is 18.2 Å². The third-order valence-electron chi connectivity index (χ3n) is 3.69. The Morgan fingerprint density at radius 3 is 2.85 bits per heavy atom. The van der Waals surface area contributed by atoms with Crippen molar-refractivity contribution >= 4 is 17.3 Å². The third-order valence-corrected chi connectivity index (χ3v) is 3.93. The minimum Gasteiger partial charge on any atom is -0.372 e. The molecule has 1 aliphatic carbocycles. The van der Waals surface area contributed by atoms with Crippen molar-refractivity contribution in [3.05, 3.63) is 38.9 Å². The van der Waals surface area contributed by atoms with Gasteiger partial charge in [0.2, 0.25) is 0 Å². The van der Waals surface area contributed by atoms with Crippen LogP contribution in [-0.4, -0.2) is 17.1 Å². The van der Waals surface area contributed by atoms with Crippen LogP contribution in [0.4, 0.5) is 5.69 Å². The van der Waals surface area contributed by atoms with Gasteiger partial charge in [-0.05, 0) is 25.0 Å². The van der Waals surface area contributed by atoms with Crippen LogP contribution >= 0.6 is 11.6 Å². The summed E-state index contributed by atoms with van der Waals surface area (Å²) >= 11 is 5.89. The number of nitrogens with zero attached hydrogens (tertiary/aromatic N) is 1. The molecule has 0 radical (unpaired) electrons. The zero-order valence-electron chi connectivity index (χ0n) is 11.3. The Labute approximate surface area is 123 Å². The largest absolute Gasteiger partial charge is 0.372 e. The number of benzene rings is 1. The summed E-state index contributed by atoms with van der Waals surface area (Å²) in [6.07, 6.45) is 5.22. The third kappa shape index (κ3) is 3.91. The lowest BCUT2D eigenvalue weighted by Crippen LogP contribution is -2.35. The molecule has 2 N–H and O–H groups in total. The molecule has 2 atom stereocenters. The molecule has 110 valence electrons. The van der Waals surface area contributed by atoms with Crippen LogP contribution in [0.25, 0.3) is 0 Å². The van der Waals surface area contributed by atoms with E-state index >= 15 is 0 Å². The van der Waals surface area contributed by atoms with Gasteiger partial charge in [-0.1, -0.05) is 30.9 Å². The van der Waals surface area contributed by atoms with Crippen molar-refractivity contribution in [2.45, 2.75) is 50.9 Å². The molecule has 1 saturated carbocycles. The number of hydrogen-bond donors (Lipinski definition) is 1. The molecule has 0 amide bonds. The van der Waals surface area contributed by atoms with E-state index in [1.807, 2.05) is 0 Å². The summed E-state index contributed by atoms with van der Waals surface area (Å²) < 4.78 is 5.82. The van der Waals surface area contributed by atoms with E-state index < -0.39 is 4.92 Å². The second-order valence-corrected chi connectivity index (χ2v) is 5.62. The van der Waals surface area contributed by atoms with Crippen LogP contribution in [0.5, 0.6) is 0 Å². The molecule has 2 rings (SSSR count). The second-order valence-electron chi connectivity index (χ2n) is 5.18. The van der Waals surface area contributed by atoms with Gasteiger partial charge in [-0.15, -0.1) is 0 Å². The van der Waals surface area contributed by atoms with Gasteiger partial charge in [-0.25, -0.2) is 0 Å². The Bertz CT molecular complexity index is 481. The zero-order valence-corrected chi connectivity index (χ0v) is 12.0. The van der Waals surface area contributed by atoms with Crippen LogP contribution in [0.1, 0.15) is 37.7 Å². The zero-order chi connectivity index (χ0) is 14.5. The molecule has 1 aromatic rings. The Kier molecular flexibility index (Phi) is 5.34. The number of nitro benzene ring substituents is 1. The van der Waals surface area contributed by atoms with Gasteiger partial charge in [0.1, 0.15) is 0 Å². The first-order chi connectivity index (χ1) is 9.58. The van der Waals surface area contributed by atoms with Gasteiger partial charge >= 0.3 is 0 Å². The van der Waals surface area contributed by atoms with Crippen LogP contribution < -0.4 is 5.73 Å². The monoisotopic (exact) mass is 298 g/mol. The molecule has 20 heavy (non-hydrogen) atoms. The summed E-state index contributed by atoms with van der Waals surface area (Å²) in [5.41, 5.74) is 6.62. The number of nitrogens with two attached hydrogens (primary N) is 1. The van der Waals surface area contributed by atoms with E-state index in [2.05, 4.69) is 0 Å². The highest BCUT2D eigenvalue weighted by molar-refractivity contribution is 6.30. The van der Waals surface area contributed by atoms with E-state index in [0.29, 0.717) is 10.6 Å². The number of ether oxygens (including phenoxy) is 1. The Morgan fingerprint density at radius 1 is 1.35 bits per heavy atom. The molecule has 1 fully saturated rings. The second kappa shape index (κ2) is 7.02. The Morgan fingerprint density at radius 2 is 2.10 bits per heavy atom. The molecule has 0 bridgehead atoms. The van der Waals surface area contributed by atoms with Crippen LogP contribution in [-0.2, 0) is 11.3 Å². The van der Waals surface area contributed by atoms with Crippen molar-refractivity contribution in [3.8, 4) is 0 Å². The molecule has 0 heterocycles. The highest BCUT2D eigenvalue weighted by Gasteiger charge is 2.22. The minimum absolute atomic E-state index is 0.00994. The van der Waals surface area contributed by atoms with Crippen molar-refractivity contribution in [1.82, 2.24) is 0 Å². The molecule has 2 unspecified atom stereocenters. The summed E-state index contributed by atoms with van der Waals surface area (Å²) in [5, 5.41) is 11.5. The molecule has 5 nitrogen and oxygen atoms in total. The van der Waals surface area contributed by atoms with Gasteiger partial charge in [0.25, 0.3) is 5.69 Å². The lowest BCUT2D eigenvalue weighted by Gasteiger charge is -2.21. The summed E-state index contributed by atoms with van der Waals surface area (Å²) in [7, 11) is 0. The first kappa shape index (κ1) is 15.2. The maximum absolute atomic E-state index is 11.0. The van der Waals surface area contributed by atoms with E-state index in [4.69, 9.17) is 22.1 Å².